The normalized spacial score (nSPS) is 11.1. The van der Waals surface area contributed by atoms with Gasteiger partial charge in [-0.15, -0.1) is 0 Å². The molecule has 21 heavy (non-hydrogen) atoms. The van der Waals surface area contributed by atoms with Gasteiger partial charge in [-0.2, -0.15) is 5.10 Å². The van der Waals surface area contributed by atoms with Crippen molar-refractivity contribution in [3.63, 3.8) is 0 Å². The number of hydrazone groups is 1. The Labute approximate surface area is 120 Å². The van der Waals surface area contributed by atoms with Crippen molar-refractivity contribution < 1.29 is 9.21 Å². The lowest BCUT2D eigenvalue weighted by Gasteiger charge is -1.98. The van der Waals surface area contributed by atoms with Gasteiger partial charge in [0.15, 0.2) is 0 Å². The number of amides is 1. The van der Waals surface area contributed by atoms with Crippen molar-refractivity contribution in [2.24, 2.45) is 5.10 Å². The minimum Gasteiger partial charge on any atom is -0.469 e. The lowest BCUT2D eigenvalue weighted by molar-refractivity contribution is 0.0953. The van der Waals surface area contributed by atoms with Gasteiger partial charge in [0.2, 0.25) is 0 Å². The fraction of sp³-hybridized carbons (Fsp3) is 0.0667. The Balaban J connectivity index is 1.73. The van der Waals surface area contributed by atoms with E-state index in [4.69, 9.17) is 4.42 Å². The van der Waals surface area contributed by atoms with Gasteiger partial charge in [-0.3, -0.25) is 9.78 Å². The number of rotatable bonds is 3. The second kappa shape index (κ2) is 5.54. The van der Waals surface area contributed by atoms with Crippen molar-refractivity contribution in [3.05, 3.63) is 59.8 Å². The Kier molecular flexibility index (Phi) is 3.42. The van der Waals surface area contributed by atoms with E-state index in [1.165, 1.54) is 12.5 Å². The molecule has 6 nitrogen and oxygen atoms in total. The van der Waals surface area contributed by atoms with E-state index in [9.17, 15) is 4.79 Å². The molecule has 0 aliphatic carbocycles. The molecule has 0 fully saturated rings. The first kappa shape index (κ1) is 13.0. The highest BCUT2D eigenvalue weighted by molar-refractivity contribution is 5.95. The van der Waals surface area contributed by atoms with E-state index in [2.05, 4.69) is 20.5 Å². The van der Waals surface area contributed by atoms with Gasteiger partial charge in [-0.05, 0) is 25.1 Å². The molecule has 0 aliphatic heterocycles. The highest BCUT2D eigenvalue weighted by Gasteiger charge is 2.09. The molecule has 0 spiro atoms. The number of hydrogen-bond acceptors (Lipinski definition) is 5. The Morgan fingerprint density at radius 2 is 2.10 bits per heavy atom. The second-order valence-corrected chi connectivity index (χ2v) is 4.37. The zero-order valence-electron chi connectivity index (χ0n) is 11.3. The van der Waals surface area contributed by atoms with E-state index >= 15 is 0 Å². The van der Waals surface area contributed by atoms with Crippen LogP contribution in [-0.4, -0.2) is 22.1 Å². The predicted molar refractivity (Wildman–Crippen MR) is 78.0 cm³/mol. The first-order valence-electron chi connectivity index (χ1n) is 6.33. The molecule has 3 rings (SSSR count). The molecule has 0 saturated carbocycles. The third-order valence-electron chi connectivity index (χ3n) is 2.93. The molecule has 6 heteroatoms. The summed E-state index contributed by atoms with van der Waals surface area (Å²) in [6.45, 7) is 1.72. The highest BCUT2D eigenvalue weighted by Crippen LogP contribution is 2.08. The van der Waals surface area contributed by atoms with Crippen LogP contribution in [0, 0.1) is 6.92 Å². The number of fused-ring (bicyclic) bond motifs is 1. The average molecular weight is 280 g/mol. The van der Waals surface area contributed by atoms with Crippen LogP contribution >= 0.6 is 0 Å². The summed E-state index contributed by atoms with van der Waals surface area (Å²) in [6.07, 6.45) is 4.51. The molecule has 0 saturated heterocycles. The third-order valence-corrected chi connectivity index (χ3v) is 2.93. The van der Waals surface area contributed by atoms with Gasteiger partial charge in [0.1, 0.15) is 11.5 Å². The standard InChI is InChI=1S/C15H12N4O2/c1-10-12(6-7-21-10)15(20)19-17-9-11-8-16-13-4-2-3-5-14(13)18-11/h2-9H,1H3,(H,19,20)/b17-9-. The first-order chi connectivity index (χ1) is 10.2. The maximum absolute atomic E-state index is 11.8. The lowest BCUT2D eigenvalue weighted by atomic mass is 10.2. The molecule has 2 heterocycles. The van der Waals surface area contributed by atoms with E-state index < -0.39 is 0 Å². The van der Waals surface area contributed by atoms with Crippen LogP contribution in [-0.2, 0) is 0 Å². The molecule has 0 radical (unpaired) electrons. The molecule has 1 aromatic carbocycles. The number of hydrogen-bond donors (Lipinski definition) is 1. The predicted octanol–water partition coefficient (Wildman–Crippen LogP) is 2.30. The molecule has 0 unspecified atom stereocenters. The fourth-order valence-electron chi connectivity index (χ4n) is 1.87. The summed E-state index contributed by atoms with van der Waals surface area (Å²) < 4.78 is 5.06. The smallest absolute Gasteiger partial charge is 0.274 e. The molecule has 3 aromatic rings. The number of furan rings is 1. The zero-order valence-corrected chi connectivity index (χ0v) is 11.3. The molecule has 1 amide bonds. The number of aryl methyl sites for hydroxylation is 1. The Morgan fingerprint density at radius 3 is 2.86 bits per heavy atom. The summed E-state index contributed by atoms with van der Waals surface area (Å²) in [5.74, 6) is 0.222. The summed E-state index contributed by atoms with van der Waals surface area (Å²) in [5.41, 5.74) is 5.04. The quantitative estimate of drug-likeness (QED) is 0.589. The molecular weight excluding hydrogens is 268 g/mol. The summed E-state index contributed by atoms with van der Waals surface area (Å²) in [4.78, 5) is 20.4. The van der Waals surface area contributed by atoms with Gasteiger partial charge < -0.3 is 4.42 Å². The number of carbonyl (C=O) groups excluding carboxylic acids is 1. The largest absolute Gasteiger partial charge is 0.469 e. The van der Waals surface area contributed by atoms with Crippen molar-refractivity contribution in [2.45, 2.75) is 6.92 Å². The zero-order chi connectivity index (χ0) is 14.7. The van der Waals surface area contributed by atoms with Crippen LogP contribution < -0.4 is 5.43 Å². The van der Waals surface area contributed by atoms with Crippen LogP contribution in [0.15, 0.2) is 52.3 Å². The van der Waals surface area contributed by atoms with Gasteiger partial charge >= 0.3 is 0 Å². The van der Waals surface area contributed by atoms with Gasteiger partial charge in [-0.25, -0.2) is 10.4 Å². The topological polar surface area (TPSA) is 80.4 Å². The van der Waals surface area contributed by atoms with E-state index in [1.54, 1.807) is 19.2 Å². The Hall–Kier alpha value is -3.02. The van der Waals surface area contributed by atoms with E-state index in [0.29, 0.717) is 17.0 Å². The molecule has 0 atom stereocenters. The number of nitrogens with zero attached hydrogens (tertiary/aromatic N) is 3. The number of carbonyl (C=O) groups is 1. The monoisotopic (exact) mass is 280 g/mol. The van der Waals surface area contributed by atoms with Crippen LogP contribution in [0.2, 0.25) is 0 Å². The van der Waals surface area contributed by atoms with Gasteiger partial charge in [0.25, 0.3) is 5.91 Å². The van der Waals surface area contributed by atoms with Gasteiger partial charge in [-0.1, -0.05) is 12.1 Å². The Bertz CT molecular complexity index is 823. The van der Waals surface area contributed by atoms with E-state index in [0.717, 1.165) is 11.0 Å². The highest BCUT2D eigenvalue weighted by atomic mass is 16.3. The maximum Gasteiger partial charge on any atom is 0.274 e. The minimum absolute atomic E-state index is 0.328. The molecule has 1 N–H and O–H groups in total. The molecular formula is C15H12N4O2. The number of aromatic nitrogens is 2. The molecule has 104 valence electrons. The number of para-hydroxylation sites is 2. The van der Waals surface area contributed by atoms with Crippen molar-refractivity contribution >= 4 is 23.2 Å². The van der Waals surface area contributed by atoms with Crippen molar-refractivity contribution in [1.29, 1.82) is 0 Å². The summed E-state index contributed by atoms with van der Waals surface area (Å²) in [5, 5.41) is 3.88. The van der Waals surface area contributed by atoms with Crippen LogP contribution in [0.3, 0.4) is 0 Å². The maximum atomic E-state index is 11.8. The number of benzene rings is 1. The van der Waals surface area contributed by atoms with Crippen LogP contribution in [0.25, 0.3) is 11.0 Å². The second-order valence-electron chi connectivity index (χ2n) is 4.37. The fourth-order valence-corrected chi connectivity index (χ4v) is 1.87. The summed E-state index contributed by atoms with van der Waals surface area (Å²) in [6, 6.07) is 9.13. The first-order valence-corrected chi connectivity index (χ1v) is 6.33. The summed E-state index contributed by atoms with van der Waals surface area (Å²) in [7, 11) is 0. The van der Waals surface area contributed by atoms with Crippen molar-refractivity contribution in [2.75, 3.05) is 0 Å². The minimum atomic E-state index is -0.328. The molecule has 0 bridgehead atoms. The third kappa shape index (κ3) is 2.79. The number of nitrogens with one attached hydrogen (secondary N) is 1. The van der Waals surface area contributed by atoms with Gasteiger partial charge in [0.05, 0.1) is 35.3 Å². The molecule has 2 aromatic heterocycles. The van der Waals surface area contributed by atoms with E-state index in [1.807, 2.05) is 24.3 Å². The van der Waals surface area contributed by atoms with Crippen LogP contribution in [0.4, 0.5) is 0 Å². The lowest BCUT2D eigenvalue weighted by Crippen LogP contribution is -2.17. The van der Waals surface area contributed by atoms with Crippen molar-refractivity contribution in [3.8, 4) is 0 Å². The van der Waals surface area contributed by atoms with Crippen molar-refractivity contribution in [1.82, 2.24) is 15.4 Å². The SMILES string of the molecule is Cc1occc1C(=O)N/N=C\c1cnc2ccccc2n1. The Morgan fingerprint density at radius 1 is 1.29 bits per heavy atom. The molecule has 0 aliphatic rings. The average Bonchev–Trinajstić information content (AvgIpc) is 2.93. The summed E-state index contributed by atoms with van der Waals surface area (Å²) >= 11 is 0. The van der Waals surface area contributed by atoms with Gasteiger partial charge in [0, 0.05) is 0 Å². The van der Waals surface area contributed by atoms with Crippen LogP contribution in [0.1, 0.15) is 21.8 Å². The van der Waals surface area contributed by atoms with E-state index in [-0.39, 0.29) is 5.91 Å². The van der Waals surface area contributed by atoms with Crippen LogP contribution in [0.5, 0.6) is 0 Å².